The Kier molecular flexibility index (Phi) is 5.22. The average Bonchev–Trinajstić information content (AvgIpc) is 2.95. The Bertz CT molecular complexity index is 939. The molecule has 0 bridgehead atoms. The van der Waals surface area contributed by atoms with E-state index >= 15 is 0 Å². The van der Waals surface area contributed by atoms with E-state index in [1.807, 2.05) is 6.07 Å². The van der Waals surface area contributed by atoms with Crippen LogP contribution in [0.3, 0.4) is 0 Å². The fraction of sp³-hybridized carbons (Fsp3) is 0.368. The zero-order valence-electron chi connectivity index (χ0n) is 14.9. The van der Waals surface area contributed by atoms with E-state index in [0.29, 0.717) is 18.6 Å². The van der Waals surface area contributed by atoms with Gasteiger partial charge >= 0.3 is 6.18 Å². The van der Waals surface area contributed by atoms with Crippen LogP contribution in [0.25, 0.3) is 0 Å². The number of alkyl halides is 3. The second kappa shape index (κ2) is 7.16. The van der Waals surface area contributed by atoms with Gasteiger partial charge in [-0.25, -0.2) is 13.1 Å². The predicted molar refractivity (Wildman–Crippen MR) is 96.3 cm³/mol. The number of sulfonamides is 1. The smallest absolute Gasteiger partial charge is 0.416 e. The lowest BCUT2D eigenvalue weighted by Gasteiger charge is -2.14. The van der Waals surface area contributed by atoms with Crippen molar-refractivity contribution in [1.29, 1.82) is 0 Å². The van der Waals surface area contributed by atoms with Crippen LogP contribution in [0.1, 0.15) is 30.5 Å². The van der Waals surface area contributed by atoms with Crippen molar-refractivity contribution in [2.24, 2.45) is 0 Å². The van der Waals surface area contributed by atoms with Crippen LogP contribution >= 0.6 is 0 Å². The van der Waals surface area contributed by atoms with Crippen LogP contribution in [0.5, 0.6) is 11.5 Å². The molecule has 27 heavy (non-hydrogen) atoms. The molecule has 1 atom stereocenters. The van der Waals surface area contributed by atoms with Crippen molar-refractivity contribution >= 4 is 10.0 Å². The number of fused-ring (bicyclic) bond motifs is 1. The molecule has 4 nitrogen and oxygen atoms in total. The summed E-state index contributed by atoms with van der Waals surface area (Å²) in [5, 5.41) is -0.513. The second-order valence-corrected chi connectivity index (χ2v) is 9.14. The number of hydrogen-bond acceptors (Lipinski definition) is 3. The van der Waals surface area contributed by atoms with Gasteiger partial charge in [0, 0.05) is 6.04 Å². The maximum absolute atomic E-state index is 12.8. The number of rotatable bonds is 5. The molecule has 0 heterocycles. The summed E-state index contributed by atoms with van der Waals surface area (Å²) < 4.78 is 70.8. The van der Waals surface area contributed by atoms with Gasteiger partial charge in [0.15, 0.2) is 0 Å². The van der Waals surface area contributed by atoms with Gasteiger partial charge in [0.05, 0.1) is 10.8 Å². The molecule has 0 aromatic heterocycles. The van der Waals surface area contributed by atoms with Gasteiger partial charge in [0.1, 0.15) is 11.5 Å². The summed E-state index contributed by atoms with van der Waals surface area (Å²) in [6.45, 7) is 3.23. The van der Waals surface area contributed by atoms with Crippen molar-refractivity contribution in [2.45, 2.75) is 44.2 Å². The van der Waals surface area contributed by atoms with Gasteiger partial charge in [-0.1, -0.05) is 12.1 Å². The highest BCUT2D eigenvalue weighted by Crippen LogP contribution is 2.34. The third-order valence-corrected chi connectivity index (χ3v) is 6.36. The molecule has 0 radical (unpaired) electrons. The minimum absolute atomic E-state index is 0.0971. The van der Waals surface area contributed by atoms with Crippen LogP contribution < -0.4 is 9.46 Å². The van der Waals surface area contributed by atoms with Crippen molar-refractivity contribution in [3.8, 4) is 11.5 Å². The lowest BCUT2D eigenvalue weighted by atomic mass is 10.1. The van der Waals surface area contributed by atoms with E-state index < -0.39 is 27.0 Å². The van der Waals surface area contributed by atoms with Crippen molar-refractivity contribution in [1.82, 2.24) is 4.72 Å². The molecule has 0 saturated heterocycles. The molecule has 1 aliphatic rings. The maximum Gasteiger partial charge on any atom is 0.416 e. The molecule has 0 aliphatic heterocycles. The zero-order chi connectivity index (χ0) is 19.8. The highest BCUT2D eigenvalue weighted by Gasteiger charge is 2.31. The van der Waals surface area contributed by atoms with E-state index in [9.17, 15) is 21.6 Å². The molecule has 0 spiro atoms. The summed E-state index contributed by atoms with van der Waals surface area (Å²) in [5.74, 6) is 0.514. The Morgan fingerprint density at radius 1 is 1.04 bits per heavy atom. The minimum atomic E-state index is -4.43. The Labute approximate surface area is 156 Å². The van der Waals surface area contributed by atoms with E-state index in [-0.39, 0.29) is 11.8 Å². The topological polar surface area (TPSA) is 55.4 Å². The Balaban J connectivity index is 1.73. The van der Waals surface area contributed by atoms with E-state index in [1.54, 1.807) is 26.0 Å². The molecule has 0 unspecified atom stereocenters. The molecule has 8 heteroatoms. The van der Waals surface area contributed by atoms with Crippen LogP contribution in [-0.2, 0) is 29.0 Å². The van der Waals surface area contributed by atoms with E-state index in [4.69, 9.17) is 4.74 Å². The second-order valence-electron chi connectivity index (χ2n) is 6.87. The van der Waals surface area contributed by atoms with Gasteiger partial charge < -0.3 is 4.74 Å². The van der Waals surface area contributed by atoms with Crippen LogP contribution in [-0.4, -0.2) is 19.7 Å². The Morgan fingerprint density at radius 2 is 1.70 bits per heavy atom. The molecule has 1 N–H and O–H groups in total. The molecule has 3 rings (SSSR count). The first kappa shape index (κ1) is 19.7. The summed E-state index contributed by atoms with van der Waals surface area (Å²) in [4.78, 5) is 0. The number of benzene rings is 2. The monoisotopic (exact) mass is 399 g/mol. The molecule has 2 aromatic carbocycles. The Hall–Kier alpha value is -2.06. The first-order valence-corrected chi connectivity index (χ1v) is 10.1. The maximum atomic E-state index is 12.8. The summed E-state index contributed by atoms with van der Waals surface area (Å²) in [6.07, 6.45) is -3.34. The Morgan fingerprint density at radius 3 is 2.37 bits per heavy atom. The third kappa shape index (κ3) is 4.62. The minimum Gasteiger partial charge on any atom is -0.457 e. The molecule has 0 amide bonds. The van der Waals surface area contributed by atoms with E-state index in [0.717, 1.165) is 23.3 Å². The summed E-state index contributed by atoms with van der Waals surface area (Å²) in [5.41, 5.74) is 1.16. The van der Waals surface area contributed by atoms with Crippen molar-refractivity contribution in [2.75, 3.05) is 0 Å². The van der Waals surface area contributed by atoms with Crippen LogP contribution in [0.15, 0.2) is 42.5 Å². The first-order valence-electron chi connectivity index (χ1n) is 8.52. The van der Waals surface area contributed by atoms with E-state index in [1.165, 1.54) is 12.1 Å². The van der Waals surface area contributed by atoms with Crippen LogP contribution in [0.2, 0.25) is 0 Å². The summed E-state index contributed by atoms with van der Waals surface area (Å²) in [7, 11) is -3.36. The van der Waals surface area contributed by atoms with Gasteiger partial charge in [0.2, 0.25) is 10.0 Å². The molecule has 0 fully saturated rings. The van der Waals surface area contributed by atoms with Gasteiger partial charge in [-0.15, -0.1) is 0 Å². The summed E-state index contributed by atoms with van der Waals surface area (Å²) in [6, 6.07) is 9.72. The molecule has 2 aromatic rings. The third-order valence-electron chi connectivity index (χ3n) is 4.46. The zero-order valence-corrected chi connectivity index (χ0v) is 15.7. The van der Waals surface area contributed by atoms with Gasteiger partial charge in [0.25, 0.3) is 0 Å². The van der Waals surface area contributed by atoms with E-state index in [2.05, 4.69) is 4.72 Å². The van der Waals surface area contributed by atoms with Gasteiger partial charge in [-0.05, 0) is 68.1 Å². The number of ether oxygens (including phenoxy) is 1. The molecule has 146 valence electrons. The fourth-order valence-corrected chi connectivity index (χ4v) is 3.89. The highest BCUT2D eigenvalue weighted by atomic mass is 32.2. The summed E-state index contributed by atoms with van der Waals surface area (Å²) >= 11 is 0. The standard InChI is InChI=1S/C19H20F3NO3S/c1-12(2)27(24,25)23-16-8-13-6-7-18(10-14(13)9-16)26-17-5-3-4-15(11-17)19(20,21)22/h3-7,10-12,16,23H,8-9H2,1-2H3/t16-/m0/s1. The molecule has 1 aliphatic carbocycles. The number of hydrogen-bond donors (Lipinski definition) is 1. The molecular weight excluding hydrogens is 379 g/mol. The normalized spacial score (nSPS) is 17.2. The van der Waals surface area contributed by atoms with Crippen LogP contribution in [0.4, 0.5) is 13.2 Å². The molecule has 0 saturated carbocycles. The SMILES string of the molecule is CC(C)S(=O)(=O)N[C@H]1Cc2ccc(Oc3cccc(C(F)(F)F)c3)cc2C1. The fourth-order valence-electron chi connectivity index (χ4n) is 2.98. The highest BCUT2D eigenvalue weighted by molar-refractivity contribution is 7.90. The van der Waals surface area contributed by atoms with Gasteiger partial charge in [-0.3, -0.25) is 0 Å². The average molecular weight is 399 g/mol. The quantitative estimate of drug-likeness (QED) is 0.816. The van der Waals surface area contributed by atoms with Crippen molar-refractivity contribution in [3.63, 3.8) is 0 Å². The lowest BCUT2D eigenvalue weighted by Crippen LogP contribution is -2.39. The molecular formula is C19H20F3NO3S. The van der Waals surface area contributed by atoms with Crippen molar-refractivity contribution < 1.29 is 26.3 Å². The van der Waals surface area contributed by atoms with Crippen molar-refractivity contribution in [3.05, 3.63) is 59.2 Å². The lowest BCUT2D eigenvalue weighted by molar-refractivity contribution is -0.137. The van der Waals surface area contributed by atoms with Gasteiger partial charge in [-0.2, -0.15) is 13.2 Å². The number of halogens is 3. The van der Waals surface area contributed by atoms with Crippen LogP contribution in [0, 0.1) is 0 Å². The predicted octanol–water partition coefficient (Wildman–Crippen LogP) is 4.29. The first-order chi connectivity index (χ1) is 12.5. The number of nitrogens with one attached hydrogen (secondary N) is 1. The largest absolute Gasteiger partial charge is 0.457 e.